The second kappa shape index (κ2) is 9.37. The Morgan fingerprint density at radius 2 is 1.44 bits per heavy atom. The average Bonchev–Trinajstić information content (AvgIpc) is 2.61. The molecule has 130 valence electrons. The van der Waals surface area contributed by atoms with Crippen LogP contribution in [0.15, 0.2) is 65.8 Å². The predicted molar refractivity (Wildman–Crippen MR) is 100 cm³/mol. The summed E-state index contributed by atoms with van der Waals surface area (Å²) in [6.07, 6.45) is 0.195. The molecule has 0 radical (unpaired) electrons. The Hall–Kier alpha value is -2.95. The third-order valence-electron chi connectivity index (χ3n) is 3.55. The Balaban J connectivity index is 1.85. The van der Waals surface area contributed by atoms with Crippen molar-refractivity contribution in [2.24, 2.45) is 11.0 Å². The van der Waals surface area contributed by atoms with E-state index in [1.54, 1.807) is 12.1 Å². The topological polar surface area (TPSA) is 70.6 Å². The Kier molecular flexibility index (Phi) is 6.89. The van der Waals surface area contributed by atoms with Crippen molar-refractivity contribution in [3.63, 3.8) is 0 Å². The summed E-state index contributed by atoms with van der Waals surface area (Å²) in [4.78, 5) is 23.8. The maximum atomic E-state index is 12.0. The smallest absolute Gasteiger partial charge is 0.240 e. The summed E-state index contributed by atoms with van der Waals surface area (Å²) in [5.41, 5.74) is 5.05. The third kappa shape index (κ3) is 6.22. The lowest BCUT2D eigenvalue weighted by molar-refractivity contribution is -0.124. The van der Waals surface area contributed by atoms with Crippen molar-refractivity contribution in [2.45, 2.75) is 26.7 Å². The van der Waals surface area contributed by atoms with Crippen LogP contribution in [0.2, 0.25) is 0 Å². The van der Waals surface area contributed by atoms with Crippen molar-refractivity contribution < 1.29 is 9.59 Å². The Labute approximate surface area is 148 Å². The van der Waals surface area contributed by atoms with Crippen LogP contribution >= 0.6 is 0 Å². The molecule has 0 saturated carbocycles. The molecule has 2 rings (SSSR count). The first kappa shape index (κ1) is 18.4. The van der Waals surface area contributed by atoms with Gasteiger partial charge in [-0.3, -0.25) is 9.59 Å². The fourth-order valence-corrected chi connectivity index (χ4v) is 2.29. The molecule has 0 aromatic heterocycles. The quantitative estimate of drug-likeness (QED) is 0.599. The molecule has 0 heterocycles. The van der Waals surface area contributed by atoms with Crippen LogP contribution in [0.5, 0.6) is 0 Å². The summed E-state index contributed by atoms with van der Waals surface area (Å²) >= 11 is 0. The molecule has 0 bridgehead atoms. The number of anilines is 1. The second-order valence-electron chi connectivity index (χ2n) is 5.97. The monoisotopic (exact) mass is 337 g/mol. The number of nitrogens with zero attached hydrogens (tertiary/aromatic N) is 1. The summed E-state index contributed by atoms with van der Waals surface area (Å²) in [5, 5.41) is 6.99. The fraction of sp³-hybridized carbons (Fsp3) is 0.250. The Bertz CT molecular complexity index is 725. The lowest BCUT2D eigenvalue weighted by atomic mass is 10.0. The van der Waals surface area contributed by atoms with Gasteiger partial charge in [-0.05, 0) is 23.6 Å². The first-order chi connectivity index (χ1) is 12.1. The molecule has 0 atom stereocenters. The van der Waals surface area contributed by atoms with Crippen molar-refractivity contribution >= 4 is 23.2 Å². The minimum absolute atomic E-state index is 0.0856. The summed E-state index contributed by atoms with van der Waals surface area (Å²) in [6, 6.07) is 18.9. The van der Waals surface area contributed by atoms with Gasteiger partial charge >= 0.3 is 0 Å². The van der Waals surface area contributed by atoms with E-state index in [1.165, 1.54) is 0 Å². The molecule has 2 N–H and O–H groups in total. The molecule has 0 aliphatic rings. The first-order valence-corrected chi connectivity index (χ1v) is 8.33. The standard InChI is InChI=1S/C20H23N3O2/c1-15(2)20(16-9-5-3-6-10-16)23-22-19(25)14-13-18(24)21-17-11-7-4-8-12-17/h3-12,15H,13-14H2,1-2H3,(H,21,24)(H,22,25). The second-order valence-corrected chi connectivity index (χ2v) is 5.97. The van der Waals surface area contributed by atoms with Gasteiger partial charge in [-0.15, -0.1) is 0 Å². The fourth-order valence-electron chi connectivity index (χ4n) is 2.29. The normalized spacial score (nSPS) is 11.2. The van der Waals surface area contributed by atoms with Crippen molar-refractivity contribution in [1.29, 1.82) is 0 Å². The maximum Gasteiger partial charge on any atom is 0.240 e. The number of hydrogen-bond acceptors (Lipinski definition) is 3. The zero-order chi connectivity index (χ0) is 18.1. The number of hydrogen-bond donors (Lipinski definition) is 2. The highest BCUT2D eigenvalue weighted by Gasteiger charge is 2.10. The van der Waals surface area contributed by atoms with Gasteiger partial charge in [-0.1, -0.05) is 62.4 Å². The van der Waals surface area contributed by atoms with Crippen LogP contribution in [0, 0.1) is 5.92 Å². The first-order valence-electron chi connectivity index (χ1n) is 8.33. The lowest BCUT2D eigenvalue weighted by Gasteiger charge is -2.10. The average molecular weight is 337 g/mol. The van der Waals surface area contributed by atoms with Crippen LogP contribution in [0.3, 0.4) is 0 Å². The Morgan fingerprint density at radius 3 is 2.04 bits per heavy atom. The maximum absolute atomic E-state index is 12.0. The van der Waals surface area contributed by atoms with Gasteiger partial charge < -0.3 is 5.32 Å². The summed E-state index contributed by atoms with van der Waals surface area (Å²) in [5.74, 6) is -0.307. The minimum Gasteiger partial charge on any atom is -0.326 e. The van der Waals surface area contributed by atoms with Gasteiger partial charge in [0.05, 0.1) is 5.71 Å². The summed E-state index contributed by atoms with van der Waals surface area (Å²) < 4.78 is 0. The van der Waals surface area contributed by atoms with E-state index >= 15 is 0 Å². The third-order valence-corrected chi connectivity index (χ3v) is 3.55. The number of rotatable bonds is 7. The van der Waals surface area contributed by atoms with Crippen LogP contribution in [-0.2, 0) is 9.59 Å². The van der Waals surface area contributed by atoms with Crippen LogP contribution in [0.4, 0.5) is 5.69 Å². The van der Waals surface area contributed by atoms with Crippen LogP contribution in [0.1, 0.15) is 32.3 Å². The number of carbonyl (C=O) groups is 2. The van der Waals surface area contributed by atoms with E-state index in [4.69, 9.17) is 0 Å². The van der Waals surface area contributed by atoms with Crippen LogP contribution < -0.4 is 10.7 Å². The zero-order valence-electron chi connectivity index (χ0n) is 14.5. The van der Waals surface area contributed by atoms with Gasteiger partial charge in [0.1, 0.15) is 0 Å². The van der Waals surface area contributed by atoms with Gasteiger partial charge in [0.25, 0.3) is 0 Å². The van der Waals surface area contributed by atoms with Crippen molar-refractivity contribution in [3.8, 4) is 0 Å². The van der Waals surface area contributed by atoms with E-state index in [0.717, 1.165) is 17.0 Å². The largest absolute Gasteiger partial charge is 0.326 e. The number of hydrazone groups is 1. The zero-order valence-corrected chi connectivity index (χ0v) is 14.5. The number of amides is 2. The molecule has 0 aliphatic carbocycles. The van der Waals surface area contributed by atoms with Crippen molar-refractivity contribution in [3.05, 3.63) is 66.2 Å². The predicted octanol–water partition coefficient (Wildman–Crippen LogP) is 3.58. The lowest BCUT2D eigenvalue weighted by Crippen LogP contribution is -2.23. The van der Waals surface area contributed by atoms with Gasteiger partial charge in [0.15, 0.2) is 0 Å². The Morgan fingerprint density at radius 1 is 0.880 bits per heavy atom. The van der Waals surface area contributed by atoms with Crippen molar-refractivity contribution in [2.75, 3.05) is 5.32 Å². The molecular formula is C20H23N3O2. The van der Waals surface area contributed by atoms with Crippen LogP contribution in [-0.4, -0.2) is 17.5 Å². The molecule has 0 aliphatic heterocycles. The van der Waals surface area contributed by atoms with Crippen LogP contribution in [0.25, 0.3) is 0 Å². The van der Waals surface area contributed by atoms with E-state index in [-0.39, 0.29) is 30.6 Å². The number of benzene rings is 2. The van der Waals surface area contributed by atoms with Gasteiger partial charge in [-0.25, -0.2) is 5.43 Å². The van der Waals surface area contributed by atoms with E-state index < -0.39 is 0 Å². The molecular weight excluding hydrogens is 314 g/mol. The molecule has 0 fully saturated rings. The molecule has 2 aromatic carbocycles. The highest BCUT2D eigenvalue weighted by Crippen LogP contribution is 2.09. The molecule has 5 heteroatoms. The summed E-state index contributed by atoms with van der Waals surface area (Å²) in [7, 11) is 0. The van der Waals surface area contributed by atoms with Gasteiger partial charge in [0, 0.05) is 18.5 Å². The molecule has 5 nitrogen and oxygen atoms in total. The summed E-state index contributed by atoms with van der Waals surface area (Å²) in [6.45, 7) is 4.04. The molecule has 0 unspecified atom stereocenters. The molecule has 0 saturated heterocycles. The van der Waals surface area contributed by atoms with Gasteiger partial charge in [-0.2, -0.15) is 5.10 Å². The molecule has 2 aromatic rings. The number of nitrogens with one attached hydrogen (secondary N) is 2. The van der Waals surface area contributed by atoms with Gasteiger partial charge in [0.2, 0.25) is 11.8 Å². The molecule has 2 amide bonds. The minimum atomic E-state index is -0.280. The van der Waals surface area contributed by atoms with E-state index in [0.29, 0.717) is 0 Å². The van der Waals surface area contributed by atoms with E-state index in [9.17, 15) is 9.59 Å². The molecule has 0 spiro atoms. The van der Waals surface area contributed by atoms with E-state index in [2.05, 4.69) is 15.8 Å². The molecule has 25 heavy (non-hydrogen) atoms. The highest BCUT2D eigenvalue weighted by molar-refractivity contribution is 6.02. The van der Waals surface area contributed by atoms with E-state index in [1.807, 2.05) is 62.4 Å². The SMILES string of the molecule is CC(C)C(=NNC(=O)CCC(=O)Nc1ccccc1)c1ccccc1. The number of para-hydroxylation sites is 1. The van der Waals surface area contributed by atoms with Crippen molar-refractivity contribution in [1.82, 2.24) is 5.43 Å². The highest BCUT2D eigenvalue weighted by atomic mass is 16.2. The number of carbonyl (C=O) groups excluding carboxylic acids is 2.